The zero-order chi connectivity index (χ0) is 26.9. The lowest BCUT2D eigenvalue weighted by molar-refractivity contribution is -0.209. The number of ether oxygens (including phenoxy) is 1. The molecule has 0 aromatic carbocycles. The van der Waals surface area contributed by atoms with Crippen LogP contribution in [0, 0.1) is 51.2 Å². The van der Waals surface area contributed by atoms with Crippen LogP contribution in [0.25, 0.3) is 0 Å². The highest BCUT2D eigenvalue weighted by Gasteiger charge is 2.67. The molecule has 0 amide bonds. The van der Waals surface area contributed by atoms with Crippen LogP contribution in [0.1, 0.15) is 120 Å². The van der Waals surface area contributed by atoms with Crippen molar-refractivity contribution in [2.24, 2.45) is 51.2 Å². The average Bonchev–Trinajstić information content (AvgIpc) is 3.04. The third-order valence-electron chi connectivity index (χ3n) is 12.8. The standard InChI is InChI=1S/C32H54O4/c1-20(10-13-26(34)29(5,6)35)22-14-18-32(9)24-11-12-25-28(3,4)27(36-21(2)33)16-17-30(25,7)23(24)15-19-31(22,32)8/h13,20,22-25,27,34-35H,10-12,14-19H2,1-9H3/b26-13-/t20?,22?,23?,24?,25-,27-,30+,31+,32-/m0/s1. The largest absolute Gasteiger partial charge is 0.510 e. The molecular weight excluding hydrogens is 448 g/mol. The maximum Gasteiger partial charge on any atom is 0.302 e. The molecule has 0 bridgehead atoms. The van der Waals surface area contributed by atoms with Gasteiger partial charge >= 0.3 is 5.97 Å². The van der Waals surface area contributed by atoms with E-state index in [1.54, 1.807) is 20.8 Å². The molecule has 4 nitrogen and oxygen atoms in total. The fourth-order valence-corrected chi connectivity index (χ4v) is 10.6. The van der Waals surface area contributed by atoms with Crippen molar-refractivity contribution in [1.82, 2.24) is 0 Å². The van der Waals surface area contributed by atoms with E-state index in [0.29, 0.717) is 34.0 Å². The Morgan fingerprint density at radius 3 is 2.22 bits per heavy atom. The highest BCUT2D eigenvalue weighted by atomic mass is 16.5. The van der Waals surface area contributed by atoms with E-state index in [0.717, 1.165) is 24.7 Å². The van der Waals surface area contributed by atoms with Crippen LogP contribution >= 0.6 is 0 Å². The highest BCUT2D eigenvalue weighted by molar-refractivity contribution is 5.66. The summed E-state index contributed by atoms with van der Waals surface area (Å²) in [5.74, 6) is 3.21. The fourth-order valence-electron chi connectivity index (χ4n) is 10.6. The number of hydrogen-bond donors (Lipinski definition) is 2. The van der Waals surface area contributed by atoms with Gasteiger partial charge in [0.2, 0.25) is 0 Å². The summed E-state index contributed by atoms with van der Waals surface area (Å²) in [6.07, 6.45) is 12.6. The lowest BCUT2D eigenvalue weighted by Gasteiger charge is -2.67. The Kier molecular flexibility index (Phi) is 7.02. The van der Waals surface area contributed by atoms with E-state index in [-0.39, 0.29) is 23.2 Å². The van der Waals surface area contributed by atoms with Crippen molar-refractivity contribution in [2.75, 3.05) is 0 Å². The molecule has 206 valence electrons. The number of fused-ring (bicyclic) bond motifs is 5. The summed E-state index contributed by atoms with van der Waals surface area (Å²) in [6.45, 7) is 19.7. The first-order valence-electron chi connectivity index (χ1n) is 14.8. The minimum atomic E-state index is -1.16. The quantitative estimate of drug-likeness (QED) is 0.297. The lowest BCUT2D eigenvalue weighted by Crippen LogP contribution is -2.62. The Bertz CT molecular complexity index is 883. The van der Waals surface area contributed by atoms with Crippen LogP contribution in [-0.4, -0.2) is 27.9 Å². The van der Waals surface area contributed by atoms with Gasteiger partial charge in [0.1, 0.15) is 17.5 Å². The average molecular weight is 503 g/mol. The van der Waals surface area contributed by atoms with Gasteiger partial charge in [-0.3, -0.25) is 4.79 Å². The minimum Gasteiger partial charge on any atom is -0.510 e. The van der Waals surface area contributed by atoms with Crippen molar-refractivity contribution >= 4 is 5.97 Å². The van der Waals surface area contributed by atoms with Gasteiger partial charge in [-0.15, -0.1) is 0 Å². The second kappa shape index (κ2) is 9.02. The second-order valence-corrected chi connectivity index (χ2v) is 15.2. The SMILES string of the molecule is CC(=O)O[C@H]1CC[C@]2(C)C3CC[C@]4(C)C(C(C)C/C=C(\O)C(C)(C)O)CC[C@@]4(C)C3CC[C@H]2C1(C)C. The van der Waals surface area contributed by atoms with Crippen molar-refractivity contribution < 1.29 is 19.7 Å². The number of aliphatic hydroxyl groups is 2. The molecule has 4 heteroatoms. The van der Waals surface area contributed by atoms with Crippen LogP contribution in [0.2, 0.25) is 0 Å². The first kappa shape index (κ1) is 28.0. The van der Waals surface area contributed by atoms with Gasteiger partial charge in [0.15, 0.2) is 0 Å². The van der Waals surface area contributed by atoms with E-state index < -0.39 is 5.60 Å². The minimum absolute atomic E-state index is 0.0207. The Morgan fingerprint density at radius 1 is 0.972 bits per heavy atom. The zero-order valence-corrected chi connectivity index (χ0v) is 24.6. The van der Waals surface area contributed by atoms with Gasteiger partial charge in [-0.25, -0.2) is 0 Å². The Labute approximate surface area is 220 Å². The number of rotatable bonds is 5. The van der Waals surface area contributed by atoms with Crippen molar-refractivity contribution in [3.8, 4) is 0 Å². The van der Waals surface area contributed by atoms with Crippen LogP contribution in [0.4, 0.5) is 0 Å². The second-order valence-electron chi connectivity index (χ2n) is 15.2. The summed E-state index contributed by atoms with van der Waals surface area (Å²) in [7, 11) is 0. The molecule has 4 unspecified atom stereocenters. The van der Waals surface area contributed by atoms with Crippen LogP contribution in [0.15, 0.2) is 11.8 Å². The van der Waals surface area contributed by atoms with Gasteiger partial charge < -0.3 is 14.9 Å². The molecule has 0 spiro atoms. The van der Waals surface area contributed by atoms with E-state index >= 15 is 0 Å². The molecule has 0 radical (unpaired) electrons. The summed E-state index contributed by atoms with van der Waals surface area (Å²) in [4.78, 5) is 11.8. The van der Waals surface area contributed by atoms with Gasteiger partial charge in [0, 0.05) is 12.3 Å². The van der Waals surface area contributed by atoms with Crippen LogP contribution in [0.3, 0.4) is 0 Å². The molecular formula is C32H54O4. The van der Waals surface area contributed by atoms with Crippen molar-refractivity contribution in [3.05, 3.63) is 11.8 Å². The van der Waals surface area contributed by atoms with E-state index in [1.807, 2.05) is 6.08 Å². The maximum absolute atomic E-state index is 11.8. The van der Waals surface area contributed by atoms with Crippen molar-refractivity contribution in [3.63, 3.8) is 0 Å². The molecule has 4 fully saturated rings. The van der Waals surface area contributed by atoms with E-state index in [1.165, 1.54) is 44.9 Å². The molecule has 0 aliphatic heterocycles. The van der Waals surface area contributed by atoms with E-state index in [9.17, 15) is 15.0 Å². The summed E-state index contributed by atoms with van der Waals surface area (Å²) in [6, 6.07) is 0. The molecule has 0 aromatic heterocycles. The predicted octanol–water partition coefficient (Wildman–Crippen LogP) is 7.84. The number of esters is 1. The Hall–Kier alpha value is -1.03. The lowest BCUT2D eigenvalue weighted by atomic mass is 9.38. The van der Waals surface area contributed by atoms with Gasteiger partial charge in [-0.1, -0.05) is 41.5 Å². The molecule has 0 saturated heterocycles. The summed E-state index contributed by atoms with van der Waals surface area (Å²) in [5.41, 5.74) is -0.158. The molecule has 2 N–H and O–H groups in total. The molecule has 4 aliphatic rings. The van der Waals surface area contributed by atoms with Crippen LogP contribution in [0.5, 0.6) is 0 Å². The number of allylic oxidation sites excluding steroid dienone is 1. The highest BCUT2D eigenvalue weighted by Crippen LogP contribution is 2.74. The Balaban J connectivity index is 1.56. The molecule has 0 heterocycles. The van der Waals surface area contributed by atoms with Crippen LogP contribution in [-0.2, 0) is 9.53 Å². The zero-order valence-electron chi connectivity index (χ0n) is 24.6. The van der Waals surface area contributed by atoms with Gasteiger partial charge in [0.05, 0.1) is 0 Å². The number of hydrogen-bond acceptors (Lipinski definition) is 4. The van der Waals surface area contributed by atoms with E-state index in [2.05, 4.69) is 41.5 Å². The first-order valence-corrected chi connectivity index (χ1v) is 14.8. The van der Waals surface area contributed by atoms with Gasteiger partial charge in [0.25, 0.3) is 0 Å². The summed E-state index contributed by atoms with van der Waals surface area (Å²) >= 11 is 0. The number of carbonyl (C=O) groups is 1. The Morgan fingerprint density at radius 2 is 1.61 bits per heavy atom. The van der Waals surface area contributed by atoms with E-state index in [4.69, 9.17) is 4.74 Å². The normalized spacial score (nSPS) is 45.3. The van der Waals surface area contributed by atoms with Crippen molar-refractivity contribution in [2.45, 2.75) is 132 Å². The van der Waals surface area contributed by atoms with Crippen LogP contribution < -0.4 is 0 Å². The first-order chi connectivity index (χ1) is 16.5. The number of aliphatic hydroxyl groups excluding tert-OH is 1. The molecule has 9 atom stereocenters. The topological polar surface area (TPSA) is 66.8 Å². The maximum atomic E-state index is 11.8. The smallest absolute Gasteiger partial charge is 0.302 e. The number of carbonyl (C=O) groups excluding carboxylic acids is 1. The molecule has 4 saturated carbocycles. The third-order valence-corrected chi connectivity index (χ3v) is 12.8. The predicted molar refractivity (Wildman–Crippen MR) is 145 cm³/mol. The van der Waals surface area contributed by atoms with Gasteiger partial charge in [-0.05, 0) is 124 Å². The summed E-state index contributed by atoms with van der Waals surface area (Å²) in [5, 5.41) is 20.5. The fraction of sp³-hybridized carbons (Fsp3) is 0.906. The molecule has 4 rings (SSSR count). The molecule has 36 heavy (non-hydrogen) atoms. The third kappa shape index (κ3) is 4.16. The summed E-state index contributed by atoms with van der Waals surface area (Å²) < 4.78 is 5.87. The van der Waals surface area contributed by atoms with Crippen molar-refractivity contribution in [1.29, 1.82) is 0 Å². The monoisotopic (exact) mass is 502 g/mol. The molecule has 4 aliphatic carbocycles. The van der Waals surface area contributed by atoms with Gasteiger partial charge in [-0.2, -0.15) is 0 Å². The molecule has 0 aromatic rings.